The average Bonchev–Trinajstić information content (AvgIpc) is 3.26. The summed E-state index contributed by atoms with van der Waals surface area (Å²) in [4.78, 5) is 16.9. The van der Waals surface area contributed by atoms with Crippen molar-refractivity contribution in [3.63, 3.8) is 0 Å². The number of aromatic nitrogens is 3. The minimum atomic E-state index is -3.78. The molecule has 0 saturated heterocycles. The summed E-state index contributed by atoms with van der Waals surface area (Å²) in [5, 5.41) is 9.63. The van der Waals surface area contributed by atoms with Crippen molar-refractivity contribution in [1.29, 1.82) is 0 Å². The quantitative estimate of drug-likeness (QED) is 0.540. The minimum absolute atomic E-state index is 0.0871. The van der Waals surface area contributed by atoms with Gasteiger partial charge in [-0.15, -0.1) is 0 Å². The number of rotatable bonds is 8. The number of carbonyl (C=O) groups is 1. The van der Waals surface area contributed by atoms with Crippen molar-refractivity contribution in [1.82, 2.24) is 24.8 Å². The number of ether oxygens (including phenoxy) is 2. The number of hydrogen-bond donors (Lipinski definition) is 2. The van der Waals surface area contributed by atoms with E-state index in [1.54, 1.807) is 19.2 Å². The van der Waals surface area contributed by atoms with E-state index in [2.05, 4.69) is 20.5 Å². The van der Waals surface area contributed by atoms with Crippen LogP contribution in [-0.2, 0) is 16.6 Å². The van der Waals surface area contributed by atoms with Gasteiger partial charge >= 0.3 is 0 Å². The van der Waals surface area contributed by atoms with Crippen LogP contribution in [0.15, 0.2) is 47.4 Å². The highest BCUT2D eigenvalue weighted by molar-refractivity contribution is 7.89. The number of hydrogen-bond acceptors (Lipinski definition) is 7. The maximum atomic E-state index is 12.6. The number of amides is 1. The number of H-pyrrole nitrogens is 1. The van der Waals surface area contributed by atoms with Gasteiger partial charge in [-0.3, -0.25) is 9.89 Å². The topological polar surface area (TPSA) is 127 Å². The van der Waals surface area contributed by atoms with Gasteiger partial charge in [-0.05, 0) is 42.5 Å². The fraction of sp³-hybridized carbons (Fsp3) is 0.250. The van der Waals surface area contributed by atoms with E-state index in [0.717, 1.165) is 15.6 Å². The van der Waals surface area contributed by atoms with Crippen LogP contribution in [0.3, 0.4) is 0 Å². The molecule has 0 bridgehead atoms. The molecule has 3 rings (SSSR count). The summed E-state index contributed by atoms with van der Waals surface area (Å²) in [7, 11) is 1.99. The first kappa shape index (κ1) is 22.2. The van der Waals surface area contributed by atoms with Crippen molar-refractivity contribution in [2.45, 2.75) is 11.4 Å². The van der Waals surface area contributed by atoms with Gasteiger partial charge in [-0.2, -0.15) is 5.10 Å². The Morgan fingerprint density at radius 1 is 1.10 bits per heavy atom. The zero-order valence-corrected chi connectivity index (χ0v) is 18.4. The van der Waals surface area contributed by atoms with Crippen LogP contribution < -0.4 is 14.8 Å². The van der Waals surface area contributed by atoms with Gasteiger partial charge in [0, 0.05) is 25.2 Å². The monoisotopic (exact) mass is 445 g/mol. The van der Waals surface area contributed by atoms with Crippen molar-refractivity contribution in [3.8, 4) is 22.9 Å². The van der Waals surface area contributed by atoms with Crippen molar-refractivity contribution in [2.75, 3.05) is 28.3 Å². The Kier molecular flexibility index (Phi) is 6.56. The summed E-state index contributed by atoms with van der Waals surface area (Å²) in [6.07, 6.45) is 0. The third kappa shape index (κ3) is 4.84. The zero-order chi connectivity index (χ0) is 22.6. The number of methoxy groups -OCH3 is 2. The van der Waals surface area contributed by atoms with Crippen LogP contribution in [0, 0.1) is 0 Å². The predicted molar refractivity (Wildman–Crippen MR) is 113 cm³/mol. The number of aromatic amines is 1. The van der Waals surface area contributed by atoms with E-state index >= 15 is 0 Å². The third-order valence-electron chi connectivity index (χ3n) is 4.48. The SMILES string of the molecule is COc1ccc(-c2n[nH]c(CNC(=O)c3ccc(OC)c(S(=O)(=O)N(C)C)c3)n2)cc1. The Labute approximate surface area is 180 Å². The molecule has 0 atom stereocenters. The molecule has 2 aromatic carbocycles. The molecular weight excluding hydrogens is 422 g/mol. The van der Waals surface area contributed by atoms with Crippen LogP contribution in [0.5, 0.6) is 11.5 Å². The molecule has 31 heavy (non-hydrogen) atoms. The van der Waals surface area contributed by atoms with Gasteiger partial charge in [-0.1, -0.05) is 0 Å². The Bertz CT molecular complexity index is 1170. The minimum Gasteiger partial charge on any atom is -0.497 e. The summed E-state index contributed by atoms with van der Waals surface area (Å²) < 4.78 is 36.4. The van der Waals surface area contributed by atoms with Crippen LogP contribution in [-0.4, -0.2) is 62.1 Å². The highest BCUT2D eigenvalue weighted by atomic mass is 32.2. The van der Waals surface area contributed by atoms with Gasteiger partial charge < -0.3 is 14.8 Å². The smallest absolute Gasteiger partial charge is 0.251 e. The van der Waals surface area contributed by atoms with Gasteiger partial charge in [-0.25, -0.2) is 17.7 Å². The number of benzene rings is 2. The molecular formula is C20H23N5O5S. The lowest BCUT2D eigenvalue weighted by Gasteiger charge is -2.15. The Hall–Kier alpha value is -3.44. The number of nitrogens with one attached hydrogen (secondary N) is 2. The summed E-state index contributed by atoms with van der Waals surface area (Å²) >= 11 is 0. The van der Waals surface area contributed by atoms with Crippen LogP contribution in [0.25, 0.3) is 11.4 Å². The maximum absolute atomic E-state index is 12.6. The standard InChI is InChI=1S/C20H23N5O5S/c1-25(2)31(27,28)17-11-14(7-10-16(17)30-4)20(26)21-12-18-22-19(24-23-18)13-5-8-15(29-3)9-6-13/h5-11H,12H2,1-4H3,(H,21,26)(H,22,23,24). The Balaban J connectivity index is 1.73. The molecule has 164 valence electrons. The molecule has 0 aliphatic carbocycles. The van der Waals surface area contributed by atoms with E-state index < -0.39 is 15.9 Å². The number of carbonyl (C=O) groups excluding carboxylic acids is 1. The van der Waals surface area contributed by atoms with Gasteiger partial charge in [0.2, 0.25) is 10.0 Å². The second-order valence-electron chi connectivity index (χ2n) is 6.67. The van der Waals surface area contributed by atoms with Gasteiger partial charge in [0.1, 0.15) is 22.2 Å². The number of sulfonamides is 1. The van der Waals surface area contributed by atoms with E-state index in [1.165, 1.54) is 39.4 Å². The molecule has 0 radical (unpaired) electrons. The van der Waals surface area contributed by atoms with Crippen molar-refractivity contribution >= 4 is 15.9 Å². The lowest BCUT2D eigenvalue weighted by atomic mass is 10.2. The molecule has 0 aliphatic rings. The van der Waals surface area contributed by atoms with Crippen LogP contribution in [0.2, 0.25) is 0 Å². The van der Waals surface area contributed by atoms with Gasteiger partial charge in [0.05, 0.1) is 20.8 Å². The lowest BCUT2D eigenvalue weighted by Crippen LogP contribution is -2.25. The van der Waals surface area contributed by atoms with E-state index in [9.17, 15) is 13.2 Å². The van der Waals surface area contributed by atoms with Crippen molar-refractivity contribution < 1.29 is 22.7 Å². The van der Waals surface area contributed by atoms with E-state index in [-0.39, 0.29) is 22.8 Å². The molecule has 1 aromatic heterocycles. The molecule has 1 heterocycles. The molecule has 3 aromatic rings. The van der Waals surface area contributed by atoms with Gasteiger partial charge in [0.15, 0.2) is 5.82 Å². The second kappa shape index (κ2) is 9.14. The lowest BCUT2D eigenvalue weighted by molar-refractivity contribution is 0.0949. The first-order chi connectivity index (χ1) is 14.8. The first-order valence-electron chi connectivity index (χ1n) is 9.20. The molecule has 0 saturated carbocycles. The molecule has 0 spiro atoms. The summed E-state index contributed by atoms with van der Waals surface area (Å²) in [5.41, 5.74) is 0.972. The second-order valence-corrected chi connectivity index (χ2v) is 8.79. The molecule has 0 unspecified atom stereocenters. The molecule has 11 heteroatoms. The van der Waals surface area contributed by atoms with Gasteiger partial charge in [0.25, 0.3) is 5.91 Å². The van der Waals surface area contributed by atoms with Crippen LogP contribution >= 0.6 is 0 Å². The third-order valence-corrected chi connectivity index (χ3v) is 6.32. The highest BCUT2D eigenvalue weighted by Gasteiger charge is 2.24. The fourth-order valence-electron chi connectivity index (χ4n) is 2.73. The predicted octanol–water partition coefficient (Wildman–Crippen LogP) is 1.67. The van der Waals surface area contributed by atoms with E-state index in [0.29, 0.717) is 11.6 Å². The maximum Gasteiger partial charge on any atom is 0.251 e. The highest BCUT2D eigenvalue weighted by Crippen LogP contribution is 2.27. The normalized spacial score (nSPS) is 11.4. The Morgan fingerprint density at radius 2 is 1.81 bits per heavy atom. The Morgan fingerprint density at radius 3 is 2.42 bits per heavy atom. The van der Waals surface area contributed by atoms with E-state index in [4.69, 9.17) is 9.47 Å². The fourth-order valence-corrected chi connectivity index (χ4v) is 3.80. The molecule has 2 N–H and O–H groups in total. The molecule has 1 amide bonds. The molecule has 0 aliphatic heterocycles. The summed E-state index contributed by atoms with van der Waals surface area (Å²) in [5.74, 6) is 1.36. The summed E-state index contributed by atoms with van der Waals surface area (Å²) in [6.45, 7) is 0.0871. The van der Waals surface area contributed by atoms with Crippen LogP contribution in [0.1, 0.15) is 16.2 Å². The zero-order valence-electron chi connectivity index (χ0n) is 17.5. The van der Waals surface area contributed by atoms with Crippen molar-refractivity contribution in [3.05, 3.63) is 53.9 Å². The van der Waals surface area contributed by atoms with Crippen LogP contribution in [0.4, 0.5) is 0 Å². The summed E-state index contributed by atoms with van der Waals surface area (Å²) in [6, 6.07) is 11.5. The number of nitrogens with zero attached hydrogens (tertiary/aromatic N) is 3. The van der Waals surface area contributed by atoms with Crippen molar-refractivity contribution in [2.24, 2.45) is 0 Å². The first-order valence-corrected chi connectivity index (χ1v) is 10.6. The molecule has 10 nitrogen and oxygen atoms in total. The average molecular weight is 446 g/mol. The largest absolute Gasteiger partial charge is 0.497 e. The molecule has 0 fully saturated rings. The van der Waals surface area contributed by atoms with E-state index in [1.807, 2.05) is 12.1 Å².